The second-order valence-electron chi connectivity index (χ2n) is 6.49. The average molecular weight is 397 g/mol. The van der Waals surface area contributed by atoms with E-state index in [0.717, 1.165) is 38.1 Å². The van der Waals surface area contributed by atoms with Crippen LogP contribution in [-0.2, 0) is 17.5 Å². The number of rotatable bonds is 6. The lowest BCUT2D eigenvalue weighted by atomic mass is 10.1. The molecule has 2 aromatic rings. The molecule has 0 atom stereocenters. The summed E-state index contributed by atoms with van der Waals surface area (Å²) < 4.78 is 45.9. The summed E-state index contributed by atoms with van der Waals surface area (Å²) in [6.45, 7) is 2.48. The van der Waals surface area contributed by atoms with Crippen LogP contribution >= 0.6 is 0 Å². The summed E-state index contributed by atoms with van der Waals surface area (Å²) in [4.78, 5) is 14.3. The zero-order chi connectivity index (χ0) is 20.1. The first-order chi connectivity index (χ1) is 13.4. The van der Waals surface area contributed by atoms with Crippen molar-refractivity contribution in [2.75, 3.05) is 42.3 Å². The molecule has 0 bridgehead atoms. The van der Waals surface area contributed by atoms with Crippen LogP contribution in [0.25, 0.3) is 0 Å². The summed E-state index contributed by atoms with van der Waals surface area (Å²) in [6, 6.07) is 2.78. The van der Waals surface area contributed by atoms with Crippen molar-refractivity contribution in [2.24, 2.45) is 0 Å². The van der Waals surface area contributed by atoms with Gasteiger partial charge in [-0.15, -0.1) is 0 Å². The Bertz CT molecular complexity index is 816. The molecular formula is C18H22F3N5O2. The summed E-state index contributed by atoms with van der Waals surface area (Å²) in [7, 11) is 1.57. The van der Waals surface area contributed by atoms with E-state index in [1.54, 1.807) is 18.0 Å². The lowest BCUT2D eigenvalue weighted by Crippen LogP contribution is -2.24. The van der Waals surface area contributed by atoms with Crippen molar-refractivity contribution in [3.05, 3.63) is 36.2 Å². The van der Waals surface area contributed by atoms with Gasteiger partial charge in [0.1, 0.15) is 0 Å². The molecule has 1 aromatic carbocycles. The standard InChI is InChI=1S/C18H22F3N5O2/c1-28-9-8-26-12-14(11-22-26)23-17(27)24-15-10-13(18(19,20)21)4-5-16(15)25-6-2-3-7-25/h4-5,10-12H,2-3,6-9H2,1H3,(H2,23,24,27). The smallest absolute Gasteiger partial charge is 0.383 e. The van der Waals surface area contributed by atoms with Gasteiger partial charge in [-0.25, -0.2) is 4.79 Å². The Morgan fingerprint density at radius 3 is 2.68 bits per heavy atom. The number of methoxy groups -OCH3 is 1. The Kier molecular flexibility index (Phi) is 6.08. The molecule has 2 N–H and O–H groups in total. The molecule has 1 fully saturated rings. The van der Waals surface area contributed by atoms with Gasteiger partial charge in [-0.1, -0.05) is 0 Å². The van der Waals surface area contributed by atoms with E-state index in [2.05, 4.69) is 15.7 Å². The monoisotopic (exact) mass is 397 g/mol. The van der Waals surface area contributed by atoms with E-state index in [-0.39, 0.29) is 5.69 Å². The topological polar surface area (TPSA) is 71.4 Å². The van der Waals surface area contributed by atoms with Gasteiger partial charge >= 0.3 is 12.2 Å². The van der Waals surface area contributed by atoms with Gasteiger partial charge < -0.3 is 20.3 Å². The van der Waals surface area contributed by atoms with Crippen LogP contribution in [0.5, 0.6) is 0 Å². The number of aromatic nitrogens is 2. The third-order valence-corrected chi connectivity index (χ3v) is 4.43. The fourth-order valence-corrected chi connectivity index (χ4v) is 3.07. The maximum atomic E-state index is 13.1. The highest BCUT2D eigenvalue weighted by Crippen LogP contribution is 2.36. The normalized spacial score (nSPS) is 14.4. The molecule has 0 saturated carbocycles. The van der Waals surface area contributed by atoms with E-state index in [4.69, 9.17) is 4.74 Å². The maximum absolute atomic E-state index is 13.1. The van der Waals surface area contributed by atoms with Crippen LogP contribution in [-0.4, -0.2) is 42.6 Å². The van der Waals surface area contributed by atoms with E-state index < -0.39 is 17.8 Å². The highest BCUT2D eigenvalue weighted by Gasteiger charge is 2.32. The minimum Gasteiger partial charge on any atom is -0.383 e. The van der Waals surface area contributed by atoms with E-state index in [9.17, 15) is 18.0 Å². The van der Waals surface area contributed by atoms with Crippen molar-refractivity contribution >= 4 is 23.1 Å². The lowest BCUT2D eigenvalue weighted by molar-refractivity contribution is -0.137. The number of amides is 2. The largest absolute Gasteiger partial charge is 0.416 e. The predicted octanol–water partition coefficient (Wildman–Crippen LogP) is 3.79. The number of nitrogens with zero attached hydrogens (tertiary/aromatic N) is 3. The molecule has 2 heterocycles. The minimum absolute atomic E-state index is 0.126. The molecular weight excluding hydrogens is 375 g/mol. The van der Waals surface area contributed by atoms with Gasteiger partial charge in [-0.2, -0.15) is 18.3 Å². The number of urea groups is 1. The van der Waals surface area contributed by atoms with Crippen molar-refractivity contribution in [1.82, 2.24) is 9.78 Å². The van der Waals surface area contributed by atoms with E-state index in [1.165, 1.54) is 12.3 Å². The molecule has 152 valence electrons. The number of benzene rings is 1. The van der Waals surface area contributed by atoms with Gasteiger partial charge in [0.05, 0.1) is 42.0 Å². The number of ether oxygens (including phenoxy) is 1. The van der Waals surface area contributed by atoms with E-state index >= 15 is 0 Å². The second-order valence-corrected chi connectivity index (χ2v) is 6.49. The molecule has 1 saturated heterocycles. The number of halogens is 3. The average Bonchev–Trinajstić information content (AvgIpc) is 3.31. The SMILES string of the molecule is COCCn1cc(NC(=O)Nc2cc(C(F)(F)F)ccc2N2CCCC2)cn1. The quantitative estimate of drug-likeness (QED) is 0.778. The van der Waals surface area contributed by atoms with Gasteiger partial charge in [0.2, 0.25) is 0 Å². The van der Waals surface area contributed by atoms with Crippen LogP contribution in [0.3, 0.4) is 0 Å². The fraction of sp³-hybridized carbons (Fsp3) is 0.444. The van der Waals surface area contributed by atoms with Crippen LogP contribution in [0, 0.1) is 0 Å². The first-order valence-corrected chi connectivity index (χ1v) is 8.92. The molecule has 10 heteroatoms. The number of hydrogen-bond donors (Lipinski definition) is 2. The summed E-state index contributed by atoms with van der Waals surface area (Å²) in [6.07, 6.45) is 0.522. The highest BCUT2D eigenvalue weighted by molar-refractivity contribution is 6.01. The molecule has 3 rings (SSSR count). The molecule has 1 aliphatic heterocycles. The number of alkyl halides is 3. The molecule has 2 amide bonds. The third-order valence-electron chi connectivity index (χ3n) is 4.43. The summed E-state index contributed by atoms with van der Waals surface area (Å²) in [5.41, 5.74) is 0.332. The zero-order valence-electron chi connectivity index (χ0n) is 15.4. The number of carbonyl (C=O) groups excluding carboxylic acids is 1. The second kappa shape index (κ2) is 8.51. The number of carbonyl (C=O) groups is 1. The van der Waals surface area contributed by atoms with Crippen LogP contribution in [0.2, 0.25) is 0 Å². The highest BCUT2D eigenvalue weighted by atomic mass is 19.4. The lowest BCUT2D eigenvalue weighted by Gasteiger charge is -2.23. The summed E-state index contributed by atoms with van der Waals surface area (Å²) in [5.74, 6) is 0. The summed E-state index contributed by atoms with van der Waals surface area (Å²) >= 11 is 0. The molecule has 7 nitrogen and oxygen atoms in total. The zero-order valence-corrected chi connectivity index (χ0v) is 15.4. The van der Waals surface area contributed by atoms with Crippen molar-refractivity contribution in [3.63, 3.8) is 0 Å². The number of anilines is 3. The molecule has 28 heavy (non-hydrogen) atoms. The Labute approximate surface area is 160 Å². The van der Waals surface area contributed by atoms with Crippen molar-refractivity contribution in [1.29, 1.82) is 0 Å². The molecule has 0 spiro atoms. The fourth-order valence-electron chi connectivity index (χ4n) is 3.07. The van der Waals surface area contributed by atoms with Gasteiger partial charge in [0, 0.05) is 26.4 Å². The molecule has 0 radical (unpaired) electrons. The first-order valence-electron chi connectivity index (χ1n) is 8.92. The molecule has 1 aliphatic rings. The van der Waals surface area contributed by atoms with Crippen LogP contribution < -0.4 is 15.5 Å². The van der Waals surface area contributed by atoms with Gasteiger partial charge in [0.15, 0.2) is 0 Å². The number of nitrogens with one attached hydrogen (secondary N) is 2. The Hall–Kier alpha value is -2.75. The van der Waals surface area contributed by atoms with Crippen LogP contribution in [0.15, 0.2) is 30.6 Å². The first kappa shape index (κ1) is 20.0. The summed E-state index contributed by atoms with van der Waals surface area (Å²) in [5, 5.41) is 9.21. The Morgan fingerprint density at radius 2 is 2.00 bits per heavy atom. The van der Waals surface area contributed by atoms with Gasteiger partial charge in [-0.05, 0) is 31.0 Å². The van der Waals surface area contributed by atoms with Crippen molar-refractivity contribution in [3.8, 4) is 0 Å². The van der Waals surface area contributed by atoms with E-state index in [0.29, 0.717) is 24.5 Å². The van der Waals surface area contributed by atoms with Gasteiger partial charge in [-0.3, -0.25) is 4.68 Å². The minimum atomic E-state index is -4.49. The van der Waals surface area contributed by atoms with Crippen LogP contribution in [0.4, 0.5) is 35.0 Å². The number of hydrogen-bond acceptors (Lipinski definition) is 4. The molecule has 0 aliphatic carbocycles. The van der Waals surface area contributed by atoms with E-state index in [1.807, 2.05) is 4.90 Å². The van der Waals surface area contributed by atoms with Gasteiger partial charge in [0.25, 0.3) is 0 Å². The Balaban J connectivity index is 1.75. The third kappa shape index (κ3) is 4.94. The predicted molar refractivity (Wildman–Crippen MR) is 99.6 cm³/mol. The Morgan fingerprint density at radius 1 is 1.25 bits per heavy atom. The molecule has 0 unspecified atom stereocenters. The van der Waals surface area contributed by atoms with Crippen LogP contribution in [0.1, 0.15) is 18.4 Å². The molecule has 1 aromatic heterocycles. The van der Waals surface area contributed by atoms with Crippen molar-refractivity contribution in [2.45, 2.75) is 25.6 Å². The maximum Gasteiger partial charge on any atom is 0.416 e. The van der Waals surface area contributed by atoms with Crippen molar-refractivity contribution < 1.29 is 22.7 Å².